The van der Waals surface area contributed by atoms with Gasteiger partial charge < -0.3 is 4.74 Å². The number of nitrogens with zero attached hydrogens (tertiary/aromatic N) is 1. The van der Waals surface area contributed by atoms with Crippen LogP contribution in [0.25, 0.3) is 0 Å². The fourth-order valence-electron chi connectivity index (χ4n) is 1.37. The minimum atomic E-state index is -3.95. The molecule has 0 aliphatic carbocycles. The molecule has 1 heterocycles. The van der Waals surface area contributed by atoms with E-state index in [1.807, 2.05) is 18.6 Å². The molecule has 6 nitrogen and oxygen atoms in total. The van der Waals surface area contributed by atoms with Crippen molar-refractivity contribution in [3.8, 4) is 5.75 Å². The number of aromatic nitrogens is 1. The summed E-state index contributed by atoms with van der Waals surface area (Å²) in [6.45, 7) is 7.03. The molecule has 0 saturated carbocycles. The van der Waals surface area contributed by atoms with Gasteiger partial charge in [0.15, 0.2) is 0 Å². The van der Waals surface area contributed by atoms with Gasteiger partial charge >= 0.3 is 0 Å². The molecule has 1 amide bonds. The first-order valence-electron chi connectivity index (χ1n) is 6.04. The van der Waals surface area contributed by atoms with Crippen LogP contribution in [0.1, 0.15) is 27.7 Å². The number of carbonyl (C=O) groups is 1. The average molecular weight is 298 g/mol. The fraction of sp³-hybridized carbons (Fsp3) is 0.385. The predicted molar refractivity (Wildman–Crippen MR) is 74.8 cm³/mol. The van der Waals surface area contributed by atoms with Crippen LogP contribution >= 0.6 is 0 Å². The molecule has 1 N–H and O–H groups in total. The normalized spacial score (nSPS) is 11.1. The molecule has 7 heteroatoms. The Kier molecular flexibility index (Phi) is 5.26. The smallest absolute Gasteiger partial charge is 0.265 e. The number of carbonyl (C=O) groups excluding carboxylic acids is 1. The quantitative estimate of drug-likeness (QED) is 0.835. The van der Waals surface area contributed by atoms with Gasteiger partial charge in [0.2, 0.25) is 0 Å². The number of ether oxygens (including phenoxy) is 1. The Bertz CT molecular complexity index is 617. The summed E-state index contributed by atoms with van der Waals surface area (Å²) < 4.78 is 31.3. The van der Waals surface area contributed by atoms with Crippen molar-refractivity contribution in [2.24, 2.45) is 0 Å². The van der Waals surface area contributed by atoms with Crippen LogP contribution in [0.15, 0.2) is 35.0 Å². The molecule has 110 valence electrons. The molecule has 0 bridgehead atoms. The Labute approximate surface area is 118 Å². The van der Waals surface area contributed by atoms with Gasteiger partial charge in [0.05, 0.1) is 12.3 Å². The number of nitrogens with one attached hydrogen (secondary N) is 1. The van der Waals surface area contributed by atoms with Gasteiger partial charge in [-0.05, 0) is 27.7 Å². The Morgan fingerprint density at radius 1 is 1.35 bits per heavy atom. The maximum Gasteiger partial charge on any atom is 0.265 e. The highest BCUT2D eigenvalue weighted by Crippen LogP contribution is 2.16. The first-order chi connectivity index (χ1) is 9.20. The molecule has 0 fully saturated rings. The number of hydrogen-bond donors (Lipinski definition) is 1. The molecule has 20 heavy (non-hydrogen) atoms. The van der Waals surface area contributed by atoms with E-state index in [0.717, 1.165) is 6.20 Å². The molecule has 1 rings (SSSR count). The third-order valence-corrected chi connectivity index (χ3v) is 3.34. The lowest BCUT2D eigenvalue weighted by Gasteiger charge is -2.10. The van der Waals surface area contributed by atoms with Gasteiger partial charge in [-0.1, -0.05) is 5.57 Å². The summed E-state index contributed by atoms with van der Waals surface area (Å²) in [5.74, 6) is -0.363. The summed E-state index contributed by atoms with van der Waals surface area (Å²) >= 11 is 0. The molecule has 0 spiro atoms. The van der Waals surface area contributed by atoms with Crippen molar-refractivity contribution in [2.45, 2.75) is 38.7 Å². The molecule has 1 aromatic heterocycles. The van der Waals surface area contributed by atoms with E-state index < -0.39 is 15.9 Å². The third kappa shape index (κ3) is 5.00. The van der Waals surface area contributed by atoms with E-state index >= 15 is 0 Å². The standard InChI is InChI=1S/C13H18N2O4S/c1-9(2)5-13(16)15-20(17,18)12-6-11(7-14-8-12)19-10(3)4/h5-8,10H,1-4H3,(H,15,16). The van der Waals surface area contributed by atoms with Crippen molar-refractivity contribution in [3.63, 3.8) is 0 Å². The van der Waals surface area contributed by atoms with E-state index in [4.69, 9.17) is 4.74 Å². The summed E-state index contributed by atoms with van der Waals surface area (Å²) in [4.78, 5) is 15.2. The lowest BCUT2D eigenvalue weighted by molar-refractivity contribution is -0.114. The first kappa shape index (κ1) is 16.2. The van der Waals surface area contributed by atoms with E-state index in [1.54, 1.807) is 13.8 Å². The molecular weight excluding hydrogens is 280 g/mol. The van der Waals surface area contributed by atoms with Crippen molar-refractivity contribution in [1.82, 2.24) is 9.71 Å². The van der Waals surface area contributed by atoms with Gasteiger partial charge in [0.1, 0.15) is 10.6 Å². The zero-order chi connectivity index (χ0) is 15.3. The van der Waals surface area contributed by atoms with E-state index in [2.05, 4.69) is 4.98 Å². The van der Waals surface area contributed by atoms with Crippen LogP contribution in [0.5, 0.6) is 5.75 Å². The van der Waals surface area contributed by atoms with E-state index in [-0.39, 0.29) is 11.0 Å². The molecule has 0 unspecified atom stereocenters. The number of rotatable bonds is 5. The van der Waals surface area contributed by atoms with Gasteiger partial charge in [0.25, 0.3) is 15.9 Å². The van der Waals surface area contributed by atoms with Crippen LogP contribution in [-0.2, 0) is 14.8 Å². The molecule has 0 radical (unpaired) electrons. The largest absolute Gasteiger partial charge is 0.489 e. The van der Waals surface area contributed by atoms with Gasteiger partial charge in [-0.15, -0.1) is 0 Å². The number of sulfonamides is 1. The minimum absolute atomic E-state index is 0.102. The summed E-state index contributed by atoms with van der Waals surface area (Å²) in [6, 6.07) is 1.32. The lowest BCUT2D eigenvalue weighted by Crippen LogP contribution is -2.29. The second-order valence-corrected chi connectivity index (χ2v) is 6.40. The molecule has 0 saturated heterocycles. The third-order valence-electron chi connectivity index (χ3n) is 2.02. The van der Waals surface area contributed by atoms with Crippen LogP contribution in [0.4, 0.5) is 0 Å². The summed E-state index contributed by atoms with van der Waals surface area (Å²) in [7, 11) is -3.95. The fourth-order valence-corrected chi connectivity index (χ4v) is 2.28. The van der Waals surface area contributed by atoms with Gasteiger partial charge in [0, 0.05) is 18.3 Å². The van der Waals surface area contributed by atoms with Crippen LogP contribution in [0.3, 0.4) is 0 Å². The number of pyridine rings is 1. The zero-order valence-corrected chi connectivity index (χ0v) is 12.7. The maximum atomic E-state index is 12.0. The maximum absolute atomic E-state index is 12.0. The number of allylic oxidation sites excluding steroid dienone is 1. The van der Waals surface area contributed by atoms with Crippen molar-refractivity contribution in [1.29, 1.82) is 0 Å². The predicted octanol–water partition coefficient (Wildman–Crippen LogP) is 1.64. The number of hydrogen-bond acceptors (Lipinski definition) is 5. The topological polar surface area (TPSA) is 85.4 Å². The van der Waals surface area contributed by atoms with Crippen molar-refractivity contribution >= 4 is 15.9 Å². The van der Waals surface area contributed by atoms with Gasteiger partial charge in [-0.2, -0.15) is 0 Å². The van der Waals surface area contributed by atoms with Gasteiger partial charge in [-0.25, -0.2) is 13.1 Å². The summed E-state index contributed by atoms with van der Waals surface area (Å²) in [5, 5.41) is 0. The second-order valence-electron chi connectivity index (χ2n) is 4.71. The summed E-state index contributed by atoms with van der Waals surface area (Å²) in [5.41, 5.74) is 0.702. The molecular formula is C13H18N2O4S. The number of amides is 1. The molecule has 0 aliphatic rings. The highest BCUT2D eigenvalue weighted by molar-refractivity contribution is 7.90. The Balaban J connectivity index is 2.98. The lowest BCUT2D eigenvalue weighted by atomic mass is 10.3. The Morgan fingerprint density at radius 2 is 2.00 bits per heavy atom. The minimum Gasteiger partial charge on any atom is -0.489 e. The molecule has 0 atom stereocenters. The first-order valence-corrected chi connectivity index (χ1v) is 7.52. The van der Waals surface area contributed by atoms with Crippen LogP contribution in [-0.4, -0.2) is 25.4 Å². The summed E-state index contributed by atoms with van der Waals surface area (Å²) in [6.07, 6.45) is 3.68. The van der Waals surface area contributed by atoms with Gasteiger partial charge in [-0.3, -0.25) is 9.78 Å². The van der Waals surface area contributed by atoms with E-state index in [0.29, 0.717) is 11.3 Å². The van der Waals surface area contributed by atoms with E-state index in [1.165, 1.54) is 18.3 Å². The van der Waals surface area contributed by atoms with Crippen LogP contribution in [0, 0.1) is 0 Å². The highest BCUT2D eigenvalue weighted by atomic mass is 32.2. The van der Waals surface area contributed by atoms with E-state index in [9.17, 15) is 13.2 Å². The zero-order valence-electron chi connectivity index (χ0n) is 11.9. The van der Waals surface area contributed by atoms with Crippen molar-refractivity contribution < 1.29 is 17.9 Å². The molecule has 0 aliphatic heterocycles. The Hall–Kier alpha value is -1.89. The monoisotopic (exact) mass is 298 g/mol. The van der Waals surface area contributed by atoms with Crippen LogP contribution < -0.4 is 9.46 Å². The van der Waals surface area contributed by atoms with Crippen LogP contribution in [0.2, 0.25) is 0 Å². The second kappa shape index (κ2) is 6.51. The molecule has 1 aromatic rings. The molecule has 0 aromatic carbocycles. The van der Waals surface area contributed by atoms with Crippen molar-refractivity contribution in [3.05, 3.63) is 30.1 Å². The SMILES string of the molecule is CC(C)=CC(=O)NS(=O)(=O)c1cncc(OC(C)C)c1. The Morgan fingerprint density at radius 3 is 2.55 bits per heavy atom. The highest BCUT2D eigenvalue weighted by Gasteiger charge is 2.18. The average Bonchev–Trinajstić information content (AvgIpc) is 2.26. The van der Waals surface area contributed by atoms with Crippen molar-refractivity contribution in [2.75, 3.05) is 0 Å².